The minimum Gasteiger partial charge on any atom is -0.326 e. The number of benzene rings is 1. The van der Waals surface area contributed by atoms with E-state index in [2.05, 4.69) is 0 Å². The topological polar surface area (TPSA) is 18.5 Å². The van der Waals surface area contributed by atoms with Crippen molar-refractivity contribution in [1.82, 2.24) is 0 Å². The van der Waals surface area contributed by atoms with E-state index in [1.54, 1.807) is 18.2 Å². The second kappa shape index (κ2) is 8.92. The maximum atomic E-state index is 6.02. The van der Waals surface area contributed by atoms with Crippen molar-refractivity contribution in [2.45, 2.75) is 23.6 Å². The number of hydrogen-bond acceptors (Lipinski definition) is 3. The Hall–Kier alpha value is 1.24. The fraction of sp³-hybridized carbons (Fsp3) is 0.500. The van der Waals surface area contributed by atoms with Gasteiger partial charge in [0.15, 0.2) is 0 Å². The largest absolute Gasteiger partial charge is 0.326 e. The summed E-state index contributed by atoms with van der Waals surface area (Å²) in [5, 5.41) is 1.44. The van der Waals surface area contributed by atoms with E-state index in [4.69, 9.17) is 78.9 Å². The van der Waals surface area contributed by atoms with Crippen molar-refractivity contribution in [1.29, 1.82) is 0 Å². The fourth-order valence-electron chi connectivity index (χ4n) is 1.33. The summed E-state index contributed by atoms with van der Waals surface area (Å²) in [6, 6.07) is 5.00. The Balaban J connectivity index is 2.99. The number of alkyl halides is 3. The molecule has 0 heterocycles. The van der Waals surface area contributed by atoms with Crippen molar-refractivity contribution in [3.8, 4) is 0 Å². The van der Waals surface area contributed by atoms with Crippen LogP contribution >= 0.6 is 64.5 Å². The van der Waals surface area contributed by atoms with Crippen molar-refractivity contribution < 1.29 is 9.05 Å². The van der Waals surface area contributed by atoms with Crippen LogP contribution in [0.3, 0.4) is 0 Å². The van der Waals surface area contributed by atoms with Crippen molar-refractivity contribution in [3.05, 3.63) is 28.2 Å². The van der Waals surface area contributed by atoms with E-state index < -0.39 is 10.3 Å². The van der Waals surface area contributed by atoms with Crippen molar-refractivity contribution in [2.75, 3.05) is 13.2 Å². The molecule has 0 aliphatic carbocycles. The zero-order chi connectivity index (χ0) is 16.1. The molecular weight excluding hydrogens is 416 g/mol. The monoisotopic (exact) mass is 428 g/mol. The minimum atomic E-state index is -2.81. The zero-order valence-corrected chi connectivity index (χ0v) is 16.6. The van der Waals surface area contributed by atoms with Crippen LogP contribution in [0.25, 0.3) is 0 Å². The molecule has 0 aliphatic heterocycles. The number of rotatable bonds is 7. The molecule has 120 valence electrons. The van der Waals surface area contributed by atoms with E-state index in [1.807, 2.05) is 6.92 Å². The van der Waals surface area contributed by atoms with E-state index in [0.717, 1.165) is 12.8 Å². The van der Waals surface area contributed by atoms with Gasteiger partial charge >= 0.3 is 0 Å². The Bertz CT molecular complexity index is 521. The van der Waals surface area contributed by atoms with Gasteiger partial charge in [0.2, 0.25) is 10.3 Å². The Morgan fingerprint density at radius 2 is 1.81 bits per heavy atom. The first-order valence-electron chi connectivity index (χ1n) is 6.09. The lowest BCUT2D eigenvalue weighted by Gasteiger charge is -2.25. The van der Waals surface area contributed by atoms with Crippen LogP contribution in [0, 0.1) is 0 Å². The quantitative estimate of drug-likeness (QED) is 0.294. The van der Waals surface area contributed by atoms with Crippen LogP contribution in [0.1, 0.15) is 19.8 Å². The van der Waals surface area contributed by atoms with E-state index in [9.17, 15) is 0 Å². The standard InChI is InChI=1S/C12H14Cl5O2PS/c1-2-3-6-18-20(21,19-8-12(15,16)17)9-4-5-10(13)11(14)7-9/h4-5,7H,2-3,6,8H2,1H3. The van der Waals surface area contributed by atoms with Crippen molar-refractivity contribution >= 4 is 81.6 Å². The molecule has 0 bridgehead atoms. The third-order valence-electron chi connectivity index (χ3n) is 2.38. The van der Waals surface area contributed by atoms with Gasteiger partial charge in [0.1, 0.15) is 6.61 Å². The second-order valence-corrected chi connectivity index (χ2v) is 11.0. The Morgan fingerprint density at radius 3 is 2.33 bits per heavy atom. The van der Waals surface area contributed by atoms with Gasteiger partial charge in [0.25, 0.3) is 0 Å². The predicted molar refractivity (Wildman–Crippen MR) is 97.5 cm³/mol. The average molecular weight is 431 g/mol. The normalized spacial score (nSPS) is 15.0. The van der Waals surface area contributed by atoms with Crippen LogP contribution in [0.2, 0.25) is 10.0 Å². The molecule has 1 unspecified atom stereocenters. The van der Waals surface area contributed by atoms with Gasteiger partial charge in [-0.2, -0.15) is 0 Å². The van der Waals surface area contributed by atoms with E-state index in [0.29, 0.717) is 22.0 Å². The highest BCUT2D eigenvalue weighted by atomic mass is 35.6. The van der Waals surface area contributed by atoms with Gasteiger partial charge in [-0.1, -0.05) is 71.3 Å². The molecule has 0 radical (unpaired) electrons. The molecule has 1 atom stereocenters. The molecule has 0 fully saturated rings. The highest BCUT2D eigenvalue weighted by Gasteiger charge is 2.29. The molecule has 0 aliphatic rings. The summed E-state index contributed by atoms with van der Waals surface area (Å²) in [6.07, 6.45) is 1.83. The Kier molecular flexibility index (Phi) is 8.61. The van der Waals surface area contributed by atoms with Crippen LogP contribution in [0.5, 0.6) is 0 Å². The van der Waals surface area contributed by atoms with Crippen LogP contribution in [-0.4, -0.2) is 17.0 Å². The van der Waals surface area contributed by atoms with Gasteiger partial charge in [0.05, 0.1) is 16.7 Å². The Morgan fingerprint density at radius 1 is 1.14 bits per heavy atom. The summed E-state index contributed by atoms with van der Waals surface area (Å²) >= 11 is 34.6. The minimum absolute atomic E-state index is 0.165. The van der Waals surface area contributed by atoms with Crippen molar-refractivity contribution in [3.63, 3.8) is 0 Å². The summed E-state index contributed by atoms with van der Waals surface area (Å²) in [7, 11) is 0. The highest BCUT2D eigenvalue weighted by molar-refractivity contribution is 8.13. The molecule has 0 amide bonds. The first kappa shape index (κ1) is 20.3. The lowest BCUT2D eigenvalue weighted by atomic mass is 10.4. The predicted octanol–water partition coefficient (Wildman–Crippen LogP) is 6.13. The molecule has 0 aromatic heterocycles. The van der Waals surface area contributed by atoms with E-state index in [1.165, 1.54) is 0 Å². The molecule has 1 aromatic carbocycles. The van der Waals surface area contributed by atoms with Gasteiger partial charge in [-0.25, -0.2) is 0 Å². The van der Waals surface area contributed by atoms with Gasteiger partial charge in [-0.05, 0) is 36.4 Å². The number of hydrogen-bond donors (Lipinski definition) is 0. The molecule has 1 rings (SSSR count). The summed E-state index contributed by atoms with van der Waals surface area (Å²) in [6.45, 7) is -0.457. The maximum absolute atomic E-state index is 6.02. The van der Waals surface area contributed by atoms with Gasteiger partial charge < -0.3 is 9.05 Å². The van der Waals surface area contributed by atoms with Gasteiger partial charge in [-0.3, -0.25) is 0 Å². The first-order valence-corrected chi connectivity index (χ1v) is 10.6. The second-order valence-electron chi connectivity index (χ2n) is 4.17. The molecule has 0 saturated carbocycles. The SMILES string of the molecule is CCCCOP(=S)(OCC(Cl)(Cl)Cl)c1ccc(Cl)c(Cl)c1. The Labute approximate surface area is 155 Å². The van der Waals surface area contributed by atoms with Crippen LogP contribution in [-0.2, 0) is 20.9 Å². The van der Waals surface area contributed by atoms with Crippen molar-refractivity contribution in [2.24, 2.45) is 0 Å². The van der Waals surface area contributed by atoms with Crippen LogP contribution < -0.4 is 5.30 Å². The van der Waals surface area contributed by atoms with E-state index >= 15 is 0 Å². The number of unbranched alkanes of at least 4 members (excludes halogenated alkanes) is 1. The smallest absolute Gasteiger partial charge is 0.219 e. The third-order valence-corrected chi connectivity index (χ3v) is 6.61. The average Bonchev–Trinajstić information content (AvgIpc) is 2.39. The molecule has 0 N–H and O–H groups in total. The summed E-state index contributed by atoms with van der Waals surface area (Å²) in [5.41, 5.74) is 0. The summed E-state index contributed by atoms with van der Waals surface area (Å²) < 4.78 is 9.84. The zero-order valence-electron chi connectivity index (χ0n) is 11.1. The fourth-order valence-corrected chi connectivity index (χ4v) is 4.47. The lowest BCUT2D eigenvalue weighted by molar-refractivity contribution is 0.254. The molecule has 0 saturated heterocycles. The number of halogens is 5. The maximum Gasteiger partial charge on any atom is 0.219 e. The summed E-state index contributed by atoms with van der Waals surface area (Å²) in [4.78, 5) is 0. The molecule has 1 aromatic rings. The van der Waals surface area contributed by atoms with Gasteiger partial charge in [-0.15, -0.1) is 0 Å². The molecule has 9 heteroatoms. The van der Waals surface area contributed by atoms with Crippen LogP contribution in [0.4, 0.5) is 0 Å². The molecular formula is C12H14Cl5O2PS. The molecule has 0 spiro atoms. The first-order chi connectivity index (χ1) is 9.68. The summed E-state index contributed by atoms with van der Waals surface area (Å²) in [5.74, 6) is 0. The van der Waals surface area contributed by atoms with Gasteiger partial charge in [0, 0.05) is 5.30 Å². The molecule has 21 heavy (non-hydrogen) atoms. The van der Waals surface area contributed by atoms with Crippen LogP contribution in [0.15, 0.2) is 18.2 Å². The van der Waals surface area contributed by atoms with E-state index in [-0.39, 0.29) is 6.61 Å². The third kappa shape index (κ3) is 7.12. The molecule has 2 nitrogen and oxygen atoms in total. The highest BCUT2D eigenvalue weighted by Crippen LogP contribution is 2.50. The lowest BCUT2D eigenvalue weighted by Crippen LogP contribution is -2.17.